The van der Waals surface area contributed by atoms with Crippen LogP contribution in [0.15, 0.2) is 18.2 Å². The Bertz CT molecular complexity index is 1390. The van der Waals surface area contributed by atoms with Crippen LogP contribution in [0, 0.1) is 0 Å². The van der Waals surface area contributed by atoms with Crippen LogP contribution in [0.1, 0.15) is 17.9 Å². The van der Waals surface area contributed by atoms with Crippen molar-refractivity contribution in [2.45, 2.75) is 12.3 Å². The Balaban J connectivity index is 1.34. The molecule has 1 atom stereocenters. The molecule has 0 saturated carbocycles. The van der Waals surface area contributed by atoms with Crippen LogP contribution in [0.2, 0.25) is 0 Å². The molecule has 10 nitrogen and oxygen atoms in total. The molecular formula is C28H37N7O3. The van der Waals surface area contributed by atoms with Crippen LogP contribution >= 0.6 is 0 Å². The summed E-state index contributed by atoms with van der Waals surface area (Å²) in [4.78, 5) is 18.5. The molecular weight excluding hydrogens is 482 g/mol. The minimum absolute atomic E-state index is 0.230. The van der Waals surface area contributed by atoms with E-state index in [1.54, 1.807) is 14.2 Å². The van der Waals surface area contributed by atoms with Crippen molar-refractivity contribution in [1.29, 1.82) is 0 Å². The monoisotopic (exact) mass is 519 g/mol. The first-order chi connectivity index (χ1) is 18.7. The van der Waals surface area contributed by atoms with Crippen molar-refractivity contribution < 1.29 is 14.2 Å². The molecule has 3 aromatic rings. The number of fused-ring (bicyclic) bond motifs is 3. The lowest BCUT2D eigenvalue weighted by Gasteiger charge is -2.28. The average Bonchev–Trinajstić information content (AvgIpc) is 3.36. The highest BCUT2D eigenvalue weighted by atomic mass is 16.5. The van der Waals surface area contributed by atoms with E-state index in [4.69, 9.17) is 24.2 Å². The summed E-state index contributed by atoms with van der Waals surface area (Å²) in [5, 5.41) is 9.30. The molecule has 2 fully saturated rings. The van der Waals surface area contributed by atoms with Gasteiger partial charge < -0.3 is 34.7 Å². The van der Waals surface area contributed by atoms with Gasteiger partial charge in [0, 0.05) is 68.8 Å². The number of hydrogen-bond acceptors (Lipinski definition) is 9. The van der Waals surface area contributed by atoms with Crippen LogP contribution in [0.25, 0.3) is 23.2 Å². The first-order valence-corrected chi connectivity index (χ1v) is 13.6. The molecule has 6 rings (SSSR count). The summed E-state index contributed by atoms with van der Waals surface area (Å²) < 4.78 is 16.5. The summed E-state index contributed by atoms with van der Waals surface area (Å²) in [6, 6.07) is 6.16. The molecule has 1 aliphatic carbocycles. The maximum absolute atomic E-state index is 5.55. The van der Waals surface area contributed by atoms with Crippen molar-refractivity contribution in [2.75, 3.05) is 90.0 Å². The topological polar surface area (TPSA) is 99.8 Å². The van der Waals surface area contributed by atoms with E-state index in [0.29, 0.717) is 0 Å². The van der Waals surface area contributed by atoms with Crippen LogP contribution in [0.3, 0.4) is 0 Å². The van der Waals surface area contributed by atoms with Gasteiger partial charge in [-0.2, -0.15) is 4.98 Å². The lowest BCUT2D eigenvalue weighted by Crippen LogP contribution is -2.44. The van der Waals surface area contributed by atoms with Crippen LogP contribution in [-0.4, -0.2) is 99.6 Å². The van der Waals surface area contributed by atoms with Gasteiger partial charge in [-0.05, 0) is 24.1 Å². The third-order valence-corrected chi connectivity index (χ3v) is 7.71. The largest absolute Gasteiger partial charge is 0.493 e. The molecule has 0 radical (unpaired) electrons. The van der Waals surface area contributed by atoms with E-state index in [-0.39, 0.29) is 5.92 Å². The third kappa shape index (κ3) is 5.03. The Morgan fingerprint density at radius 2 is 1.87 bits per heavy atom. The van der Waals surface area contributed by atoms with Gasteiger partial charge in [-0.25, -0.2) is 4.98 Å². The number of aromatic nitrogens is 3. The molecule has 10 heteroatoms. The Morgan fingerprint density at radius 3 is 2.66 bits per heavy atom. The fourth-order valence-corrected chi connectivity index (χ4v) is 5.55. The van der Waals surface area contributed by atoms with Crippen LogP contribution in [-0.2, 0) is 4.74 Å². The van der Waals surface area contributed by atoms with Crippen LogP contribution in [0.5, 0.6) is 11.5 Å². The summed E-state index contributed by atoms with van der Waals surface area (Å²) in [6.45, 7) is 9.04. The predicted octanol–water partition coefficient (Wildman–Crippen LogP) is 0.877. The number of benzene rings is 1. The van der Waals surface area contributed by atoms with Crippen molar-refractivity contribution >= 4 is 35.0 Å². The molecule has 1 unspecified atom stereocenters. The van der Waals surface area contributed by atoms with E-state index in [0.717, 1.165) is 117 Å². The highest BCUT2D eigenvalue weighted by Gasteiger charge is 2.21. The molecule has 3 aliphatic rings. The minimum Gasteiger partial charge on any atom is -0.493 e. The molecule has 4 heterocycles. The van der Waals surface area contributed by atoms with Gasteiger partial charge in [0.05, 0.1) is 27.4 Å². The minimum atomic E-state index is 0.230. The summed E-state index contributed by atoms with van der Waals surface area (Å²) in [5.41, 5.74) is 3.15. The molecule has 0 bridgehead atoms. The lowest BCUT2D eigenvalue weighted by molar-refractivity contribution is 0.0398. The number of rotatable bonds is 8. The van der Waals surface area contributed by atoms with E-state index in [2.05, 4.69) is 49.7 Å². The number of ether oxygens (including phenoxy) is 3. The van der Waals surface area contributed by atoms with E-state index in [1.165, 1.54) is 5.56 Å². The molecule has 38 heavy (non-hydrogen) atoms. The number of morpholine rings is 1. The van der Waals surface area contributed by atoms with Crippen molar-refractivity contribution in [3.8, 4) is 11.5 Å². The van der Waals surface area contributed by atoms with Gasteiger partial charge in [-0.3, -0.25) is 4.90 Å². The predicted molar refractivity (Wildman–Crippen MR) is 150 cm³/mol. The van der Waals surface area contributed by atoms with Crippen molar-refractivity contribution in [2.24, 2.45) is 0 Å². The second-order valence-electron chi connectivity index (χ2n) is 9.99. The van der Waals surface area contributed by atoms with E-state index >= 15 is 0 Å². The fourth-order valence-electron chi connectivity index (χ4n) is 5.55. The van der Waals surface area contributed by atoms with Gasteiger partial charge in [0.25, 0.3) is 0 Å². The van der Waals surface area contributed by atoms with Gasteiger partial charge in [-0.1, -0.05) is 18.2 Å². The number of aromatic amines is 1. The number of nitrogens with one attached hydrogen (secondary N) is 3. The molecule has 202 valence electrons. The van der Waals surface area contributed by atoms with Crippen LogP contribution in [0.4, 0.5) is 11.8 Å². The van der Waals surface area contributed by atoms with E-state index in [1.807, 2.05) is 6.07 Å². The van der Waals surface area contributed by atoms with Gasteiger partial charge >= 0.3 is 0 Å². The third-order valence-electron chi connectivity index (χ3n) is 7.71. The molecule has 2 aromatic heterocycles. The SMILES string of the molecule is COc1ccc(C2C=c3[nH]c4c(NCCN5CCOCC5)nc(N5CCNCC5)nc4c3=CC2)cc1OC. The Labute approximate surface area is 222 Å². The second-order valence-corrected chi connectivity index (χ2v) is 9.99. The maximum atomic E-state index is 5.55. The van der Waals surface area contributed by atoms with Gasteiger partial charge in [0.1, 0.15) is 11.0 Å². The van der Waals surface area contributed by atoms with Gasteiger partial charge in [0.15, 0.2) is 17.3 Å². The average molecular weight is 520 g/mol. The van der Waals surface area contributed by atoms with Gasteiger partial charge in [-0.15, -0.1) is 0 Å². The van der Waals surface area contributed by atoms with E-state index < -0.39 is 0 Å². The number of nitrogens with zero attached hydrogens (tertiary/aromatic N) is 4. The van der Waals surface area contributed by atoms with E-state index in [9.17, 15) is 0 Å². The summed E-state index contributed by atoms with van der Waals surface area (Å²) in [6.07, 6.45) is 5.50. The van der Waals surface area contributed by atoms with Crippen molar-refractivity contribution in [3.63, 3.8) is 0 Å². The quantitative estimate of drug-likeness (QED) is 0.401. The first-order valence-electron chi connectivity index (χ1n) is 13.6. The molecule has 2 saturated heterocycles. The zero-order chi connectivity index (χ0) is 25.9. The Kier molecular flexibility index (Phi) is 7.35. The van der Waals surface area contributed by atoms with Crippen molar-refractivity contribution in [3.05, 3.63) is 34.3 Å². The number of hydrogen-bond donors (Lipinski definition) is 3. The fraction of sp³-hybridized carbons (Fsp3) is 0.500. The zero-order valence-corrected chi connectivity index (χ0v) is 22.3. The normalized spacial score (nSPS) is 19.9. The summed E-state index contributed by atoms with van der Waals surface area (Å²) >= 11 is 0. The molecule has 2 aliphatic heterocycles. The Hall–Kier alpha value is -3.34. The number of anilines is 2. The van der Waals surface area contributed by atoms with Crippen LogP contribution < -0.4 is 35.6 Å². The highest BCUT2D eigenvalue weighted by molar-refractivity contribution is 5.88. The zero-order valence-electron chi connectivity index (χ0n) is 22.3. The Morgan fingerprint density at radius 1 is 1.05 bits per heavy atom. The standard InChI is InChI=1S/C28H37N7O3/c1-36-23-6-4-20(18-24(23)37-2)19-3-5-21-22(17-19)31-26-25(21)32-28(35-11-7-29-8-12-35)33-27(26)30-9-10-34-13-15-38-16-14-34/h4-6,17-19,29,31H,3,7-16H2,1-2H3,(H,30,32,33). The summed E-state index contributed by atoms with van der Waals surface area (Å²) in [7, 11) is 3.34. The molecule has 3 N–H and O–H groups in total. The number of piperazine rings is 1. The lowest BCUT2D eigenvalue weighted by atomic mass is 9.92. The van der Waals surface area contributed by atoms with Gasteiger partial charge in [0.2, 0.25) is 5.95 Å². The number of methoxy groups -OCH3 is 2. The first kappa shape index (κ1) is 25.0. The highest BCUT2D eigenvalue weighted by Crippen LogP contribution is 2.33. The maximum Gasteiger partial charge on any atom is 0.228 e. The molecule has 0 spiro atoms. The molecule has 0 amide bonds. The second kappa shape index (κ2) is 11.2. The summed E-state index contributed by atoms with van der Waals surface area (Å²) in [5.74, 6) is 3.39. The number of H-pyrrole nitrogens is 1. The smallest absolute Gasteiger partial charge is 0.228 e. The molecule has 1 aromatic carbocycles. The van der Waals surface area contributed by atoms with Crippen molar-refractivity contribution in [1.82, 2.24) is 25.2 Å².